The lowest BCUT2D eigenvalue weighted by Gasteiger charge is -2.30. The van der Waals surface area contributed by atoms with E-state index >= 15 is 0 Å². The highest BCUT2D eigenvalue weighted by Gasteiger charge is 2.26. The Kier molecular flexibility index (Phi) is 8.44. The minimum Gasteiger partial charge on any atom is -0.301 e. The lowest BCUT2D eigenvalue weighted by Crippen LogP contribution is -2.34. The minimum absolute atomic E-state index is 0.0967. The van der Waals surface area contributed by atoms with Crippen LogP contribution in [0.4, 0.5) is 5.69 Å². The number of nitrogens with zero attached hydrogens (tertiary/aromatic N) is 2. The first kappa shape index (κ1) is 28.8. The van der Waals surface area contributed by atoms with Crippen molar-refractivity contribution in [3.05, 3.63) is 141 Å². The van der Waals surface area contributed by atoms with Crippen LogP contribution in [0.1, 0.15) is 66.5 Å². The van der Waals surface area contributed by atoms with Crippen LogP contribution >= 0.6 is 27.5 Å². The molecule has 0 bridgehead atoms. The van der Waals surface area contributed by atoms with Gasteiger partial charge in [0, 0.05) is 20.6 Å². The normalized spacial score (nSPS) is 12.5. The maximum atomic E-state index is 14.5. The summed E-state index contributed by atoms with van der Waals surface area (Å²) in [5, 5.41) is 1.45. The molecule has 0 aliphatic carbocycles. The molecule has 41 heavy (non-hydrogen) atoms. The molecule has 5 rings (SSSR count). The molecule has 0 saturated carbocycles. The number of rotatable bonds is 6. The Bertz CT molecular complexity index is 1710. The number of halogens is 2. The molecular formula is C36H32BrClN2O. The van der Waals surface area contributed by atoms with Crippen molar-refractivity contribution in [1.29, 1.82) is 0 Å². The Morgan fingerprint density at radius 2 is 1.56 bits per heavy atom. The second-order valence-corrected chi connectivity index (χ2v) is 12.6. The summed E-state index contributed by atoms with van der Waals surface area (Å²) in [6.07, 6.45) is 4.01. The Balaban J connectivity index is 1.59. The van der Waals surface area contributed by atoms with E-state index in [0.29, 0.717) is 10.6 Å². The maximum Gasteiger partial charge on any atom is 0.259 e. The monoisotopic (exact) mass is 622 g/mol. The van der Waals surface area contributed by atoms with Gasteiger partial charge < -0.3 is 4.90 Å². The smallest absolute Gasteiger partial charge is 0.259 e. The highest BCUT2D eigenvalue weighted by Crippen LogP contribution is 2.32. The molecule has 1 unspecified atom stereocenters. The molecule has 0 fully saturated rings. The first-order valence-corrected chi connectivity index (χ1v) is 14.8. The summed E-state index contributed by atoms with van der Waals surface area (Å²) >= 11 is 9.76. The predicted molar refractivity (Wildman–Crippen MR) is 177 cm³/mol. The van der Waals surface area contributed by atoms with Crippen molar-refractivity contribution in [2.24, 2.45) is 0 Å². The van der Waals surface area contributed by atoms with E-state index in [2.05, 4.69) is 61.0 Å². The maximum absolute atomic E-state index is 14.5. The molecule has 0 saturated heterocycles. The molecule has 5 aromatic rings. The summed E-state index contributed by atoms with van der Waals surface area (Å²) in [5.74, 6) is -0.103. The first-order valence-electron chi connectivity index (χ1n) is 13.6. The lowest BCUT2D eigenvalue weighted by molar-refractivity contribution is 0.0979. The number of aromatic nitrogens is 1. The third-order valence-corrected chi connectivity index (χ3v) is 7.98. The van der Waals surface area contributed by atoms with Crippen LogP contribution in [0.25, 0.3) is 23.1 Å². The van der Waals surface area contributed by atoms with E-state index in [1.807, 2.05) is 103 Å². The third-order valence-electron chi connectivity index (χ3n) is 7.24. The van der Waals surface area contributed by atoms with E-state index < -0.39 is 0 Å². The molecule has 1 atom stereocenters. The number of hydrogen-bond acceptors (Lipinski definition) is 2. The number of anilines is 1. The van der Waals surface area contributed by atoms with Crippen molar-refractivity contribution in [2.75, 3.05) is 4.90 Å². The topological polar surface area (TPSA) is 33.2 Å². The standard InChI is InChI=1S/C36H32BrClN2O/c1-24(26-13-18-29(38)19-14-26)40(31-8-6-5-7-9-31)35(41)33-23-30(39-34-21-17-28(37)22-32(33)34)20-12-25-10-15-27(16-11-25)36(2,3)4/h5-24H,1-4H3/b20-12+. The highest BCUT2D eigenvalue weighted by molar-refractivity contribution is 9.10. The van der Waals surface area contributed by atoms with Crippen molar-refractivity contribution in [1.82, 2.24) is 4.98 Å². The zero-order valence-corrected chi connectivity index (χ0v) is 25.9. The van der Waals surface area contributed by atoms with Gasteiger partial charge in [0.05, 0.1) is 22.8 Å². The lowest BCUT2D eigenvalue weighted by atomic mass is 9.87. The summed E-state index contributed by atoms with van der Waals surface area (Å²) in [6, 6.07) is 33.5. The van der Waals surface area contributed by atoms with Crippen LogP contribution in [0.5, 0.6) is 0 Å². The van der Waals surface area contributed by atoms with E-state index in [-0.39, 0.29) is 17.4 Å². The first-order chi connectivity index (χ1) is 19.6. The van der Waals surface area contributed by atoms with Crippen LogP contribution in [0, 0.1) is 0 Å². The Morgan fingerprint density at radius 3 is 2.22 bits per heavy atom. The summed E-state index contributed by atoms with van der Waals surface area (Å²) in [7, 11) is 0. The van der Waals surface area contributed by atoms with Gasteiger partial charge in [-0.25, -0.2) is 4.98 Å². The molecule has 0 aliphatic rings. The molecule has 5 heteroatoms. The molecule has 1 amide bonds. The minimum atomic E-state index is -0.238. The largest absolute Gasteiger partial charge is 0.301 e. The van der Waals surface area contributed by atoms with Crippen molar-refractivity contribution in [3.63, 3.8) is 0 Å². The molecule has 0 radical (unpaired) electrons. The number of amides is 1. The van der Waals surface area contributed by atoms with Gasteiger partial charge in [-0.2, -0.15) is 0 Å². The number of benzene rings is 4. The predicted octanol–water partition coefficient (Wildman–Crippen LogP) is 10.5. The van der Waals surface area contributed by atoms with Crippen LogP contribution in [-0.4, -0.2) is 10.9 Å². The SMILES string of the molecule is CC(c1ccc(Cl)cc1)N(C(=O)c1cc(/C=C/c2ccc(C(C)(C)C)cc2)nc2ccc(Br)cc12)c1ccccc1. The van der Waals surface area contributed by atoms with Crippen LogP contribution in [0.15, 0.2) is 108 Å². The highest BCUT2D eigenvalue weighted by atomic mass is 79.9. The Labute approximate surface area is 255 Å². The van der Waals surface area contributed by atoms with Gasteiger partial charge >= 0.3 is 0 Å². The number of carbonyl (C=O) groups is 1. The van der Waals surface area contributed by atoms with Gasteiger partial charge in [0.2, 0.25) is 0 Å². The zero-order valence-electron chi connectivity index (χ0n) is 23.6. The quantitative estimate of drug-likeness (QED) is 0.189. The van der Waals surface area contributed by atoms with Crippen molar-refractivity contribution < 1.29 is 4.79 Å². The third kappa shape index (κ3) is 6.61. The van der Waals surface area contributed by atoms with E-state index in [0.717, 1.165) is 37.9 Å². The summed E-state index contributed by atoms with van der Waals surface area (Å²) in [5.41, 5.74) is 6.33. The molecular weight excluding hydrogens is 592 g/mol. The van der Waals surface area contributed by atoms with Crippen LogP contribution in [-0.2, 0) is 5.41 Å². The molecule has 4 aromatic carbocycles. The molecule has 3 nitrogen and oxygen atoms in total. The summed E-state index contributed by atoms with van der Waals surface area (Å²) < 4.78 is 0.889. The van der Waals surface area contributed by atoms with Crippen LogP contribution in [0.3, 0.4) is 0 Å². The van der Waals surface area contributed by atoms with Crippen molar-refractivity contribution in [2.45, 2.75) is 39.2 Å². The van der Waals surface area contributed by atoms with Gasteiger partial charge in [-0.1, -0.05) is 109 Å². The van der Waals surface area contributed by atoms with Crippen molar-refractivity contribution in [3.8, 4) is 0 Å². The number of fused-ring (bicyclic) bond motifs is 1. The Morgan fingerprint density at radius 1 is 0.878 bits per heavy atom. The second-order valence-electron chi connectivity index (χ2n) is 11.2. The molecule has 0 N–H and O–H groups in total. The van der Waals surface area contributed by atoms with Crippen LogP contribution in [0.2, 0.25) is 5.02 Å². The van der Waals surface area contributed by atoms with E-state index in [9.17, 15) is 4.79 Å². The molecule has 0 spiro atoms. The summed E-state index contributed by atoms with van der Waals surface area (Å²) in [6.45, 7) is 8.66. The summed E-state index contributed by atoms with van der Waals surface area (Å²) in [4.78, 5) is 21.3. The van der Waals surface area contributed by atoms with E-state index in [4.69, 9.17) is 16.6 Å². The van der Waals surface area contributed by atoms with Gasteiger partial charge in [0.15, 0.2) is 0 Å². The molecule has 0 aliphatic heterocycles. The molecule has 1 aromatic heterocycles. The van der Waals surface area contributed by atoms with Gasteiger partial charge in [-0.3, -0.25) is 4.79 Å². The molecule has 206 valence electrons. The van der Waals surface area contributed by atoms with E-state index in [1.54, 1.807) is 0 Å². The van der Waals surface area contributed by atoms with Crippen LogP contribution < -0.4 is 4.90 Å². The van der Waals surface area contributed by atoms with Gasteiger partial charge in [-0.05, 0) is 83.6 Å². The average molecular weight is 624 g/mol. The fraction of sp³-hybridized carbons (Fsp3) is 0.167. The number of para-hydroxylation sites is 1. The van der Waals surface area contributed by atoms with E-state index in [1.165, 1.54) is 5.56 Å². The Hall–Kier alpha value is -3.73. The number of carbonyl (C=O) groups excluding carboxylic acids is 1. The van der Waals surface area contributed by atoms with Gasteiger partial charge in [0.25, 0.3) is 5.91 Å². The number of pyridine rings is 1. The fourth-order valence-electron chi connectivity index (χ4n) is 4.88. The fourth-order valence-corrected chi connectivity index (χ4v) is 5.37. The van der Waals surface area contributed by atoms with Crippen molar-refractivity contribution >= 4 is 62.2 Å². The number of hydrogen-bond donors (Lipinski definition) is 0. The average Bonchev–Trinajstić information content (AvgIpc) is 2.96. The van der Waals surface area contributed by atoms with Gasteiger partial charge in [0.1, 0.15) is 0 Å². The second kappa shape index (κ2) is 12.0. The zero-order chi connectivity index (χ0) is 29.1. The van der Waals surface area contributed by atoms with Gasteiger partial charge in [-0.15, -0.1) is 0 Å². The molecule has 1 heterocycles.